The maximum Gasteiger partial charge on any atom is 0.146 e. The molecule has 1 rings (SSSR count). The number of nitrogens with two attached hydrogens (primary N) is 1. The summed E-state index contributed by atoms with van der Waals surface area (Å²) in [6.45, 7) is 21.3. The smallest absolute Gasteiger partial charge is 0.146 e. The van der Waals surface area contributed by atoms with E-state index in [9.17, 15) is 4.79 Å². The molecule has 0 fully saturated rings. The predicted octanol–water partition coefficient (Wildman–Crippen LogP) is 6.44. The fourth-order valence-corrected chi connectivity index (χ4v) is 1.41. The number of ketones is 1. The molecule has 0 saturated carbocycles. The Morgan fingerprint density at radius 1 is 1.04 bits per heavy atom. The minimum Gasteiger partial charge on any atom is -0.321 e. The molecule has 0 saturated heterocycles. The first-order valence-electron chi connectivity index (χ1n) is 10.1. The van der Waals surface area contributed by atoms with Gasteiger partial charge in [-0.1, -0.05) is 77.8 Å². The SMILES string of the molecule is C=C(C)C.CC.CC.CCC.CN=CCc1ccc(CC(N)C(C)=O)cc1. The average Bonchev–Trinajstić information content (AvgIpc) is 2.64. The van der Waals surface area contributed by atoms with Gasteiger partial charge in [0.15, 0.2) is 0 Å². The highest BCUT2D eigenvalue weighted by Crippen LogP contribution is 2.07. The molecule has 1 aromatic carbocycles. The summed E-state index contributed by atoms with van der Waals surface area (Å²) in [5.74, 6) is 0.0298. The van der Waals surface area contributed by atoms with Gasteiger partial charge in [0, 0.05) is 19.7 Å². The number of aliphatic imine (C=N–C) groups is 1. The summed E-state index contributed by atoms with van der Waals surface area (Å²) in [7, 11) is 1.76. The first kappa shape index (κ1) is 32.9. The number of benzene rings is 1. The molecule has 2 N–H and O–H groups in total. The van der Waals surface area contributed by atoms with Gasteiger partial charge >= 0.3 is 0 Å². The number of hydrogen-bond acceptors (Lipinski definition) is 3. The molecule has 1 aromatic rings. The lowest BCUT2D eigenvalue weighted by molar-refractivity contribution is -0.118. The van der Waals surface area contributed by atoms with E-state index in [1.807, 2.05) is 72.0 Å². The number of carbonyl (C=O) groups excluding carboxylic acids is 1. The lowest BCUT2D eigenvalue weighted by Crippen LogP contribution is -2.30. The van der Waals surface area contributed by atoms with Crippen LogP contribution in [0.5, 0.6) is 0 Å². The van der Waals surface area contributed by atoms with E-state index in [1.54, 1.807) is 7.05 Å². The average molecular weight is 379 g/mol. The molecule has 0 aliphatic rings. The Kier molecular flexibility index (Phi) is 32.3. The third kappa shape index (κ3) is 29.3. The van der Waals surface area contributed by atoms with Crippen LogP contribution >= 0.6 is 0 Å². The van der Waals surface area contributed by atoms with Crippen LogP contribution in [-0.2, 0) is 17.6 Å². The maximum atomic E-state index is 11.0. The van der Waals surface area contributed by atoms with Crippen LogP contribution in [0, 0.1) is 0 Å². The van der Waals surface area contributed by atoms with Crippen molar-refractivity contribution in [2.24, 2.45) is 10.7 Å². The highest BCUT2D eigenvalue weighted by Gasteiger charge is 2.08. The molecule has 1 atom stereocenters. The second-order valence-corrected chi connectivity index (χ2v) is 5.80. The molecule has 0 amide bonds. The number of allylic oxidation sites excluding steroid dienone is 1. The number of rotatable bonds is 5. The minimum absolute atomic E-state index is 0.0298. The number of hydrogen-bond donors (Lipinski definition) is 1. The molecule has 3 nitrogen and oxygen atoms in total. The molecular weight excluding hydrogens is 332 g/mol. The molecule has 3 heteroatoms. The van der Waals surface area contributed by atoms with Gasteiger partial charge in [-0.05, 0) is 38.3 Å². The molecule has 0 aromatic heterocycles. The Bertz CT molecular complexity index is 458. The quantitative estimate of drug-likeness (QED) is 0.473. The van der Waals surface area contributed by atoms with E-state index < -0.39 is 0 Å². The first-order chi connectivity index (χ1) is 12.8. The van der Waals surface area contributed by atoms with E-state index in [1.165, 1.54) is 24.5 Å². The molecular formula is C24H46N2O. The van der Waals surface area contributed by atoms with Crippen molar-refractivity contribution < 1.29 is 4.79 Å². The summed E-state index contributed by atoms with van der Waals surface area (Å²) in [6, 6.07) is 7.74. The minimum atomic E-state index is -0.386. The summed E-state index contributed by atoms with van der Waals surface area (Å²) in [5, 5.41) is 0. The normalized spacial score (nSPS) is 9.74. The van der Waals surface area contributed by atoms with Gasteiger partial charge in [0.25, 0.3) is 0 Å². The molecule has 27 heavy (non-hydrogen) atoms. The summed E-state index contributed by atoms with van der Waals surface area (Å²) < 4.78 is 0. The molecule has 0 spiro atoms. The molecule has 0 aliphatic carbocycles. The zero-order valence-corrected chi connectivity index (χ0v) is 19.7. The van der Waals surface area contributed by atoms with Crippen molar-refractivity contribution in [1.82, 2.24) is 0 Å². The van der Waals surface area contributed by atoms with Crippen molar-refractivity contribution in [2.75, 3.05) is 7.05 Å². The fraction of sp³-hybridized carbons (Fsp3) is 0.583. The maximum absolute atomic E-state index is 11.0. The van der Waals surface area contributed by atoms with Gasteiger partial charge in [-0.15, -0.1) is 6.58 Å². The van der Waals surface area contributed by atoms with Gasteiger partial charge in [-0.25, -0.2) is 0 Å². The second-order valence-electron chi connectivity index (χ2n) is 5.80. The highest BCUT2D eigenvalue weighted by atomic mass is 16.1. The van der Waals surface area contributed by atoms with E-state index in [-0.39, 0.29) is 11.8 Å². The van der Waals surface area contributed by atoms with E-state index in [0.717, 1.165) is 12.0 Å². The standard InChI is InChI=1S/C13H18N2O.C4H8.C3H8.2C2H6/c1-10(16)13(14)9-12-5-3-11(4-6-12)7-8-15-2;1-4(2)3;1-3-2;2*1-2/h3-6,8,13H,7,9,14H2,1-2H3;1H2,2-3H3;3H2,1-2H3;2*1-2H3. The van der Waals surface area contributed by atoms with Crippen LogP contribution in [0.15, 0.2) is 41.4 Å². The largest absolute Gasteiger partial charge is 0.321 e. The van der Waals surface area contributed by atoms with Crippen LogP contribution in [0.3, 0.4) is 0 Å². The Morgan fingerprint density at radius 2 is 1.37 bits per heavy atom. The third-order valence-electron chi connectivity index (χ3n) is 2.51. The summed E-state index contributed by atoms with van der Waals surface area (Å²) in [6.07, 6.45) is 4.57. The van der Waals surface area contributed by atoms with E-state index in [4.69, 9.17) is 5.73 Å². The van der Waals surface area contributed by atoms with Crippen LogP contribution < -0.4 is 5.73 Å². The topological polar surface area (TPSA) is 55.4 Å². The second kappa shape index (κ2) is 26.5. The van der Waals surface area contributed by atoms with E-state index in [2.05, 4.69) is 25.4 Å². The number of carbonyl (C=O) groups is 1. The Morgan fingerprint density at radius 3 is 1.67 bits per heavy atom. The van der Waals surface area contributed by atoms with Crippen LogP contribution in [0.4, 0.5) is 0 Å². The third-order valence-corrected chi connectivity index (χ3v) is 2.51. The van der Waals surface area contributed by atoms with Crippen LogP contribution in [-0.4, -0.2) is 25.1 Å². The molecule has 1 unspecified atom stereocenters. The molecule has 158 valence electrons. The van der Waals surface area contributed by atoms with Crippen LogP contribution in [0.2, 0.25) is 0 Å². The van der Waals surface area contributed by atoms with Gasteiger partial charge < -0.3 is 10.7 Å². The van der Waals surface area contributed by atoms with Gasteiger partial charge in [-0.3, -0.25) is 4.79 Å². The molecule has 0 bridgehead atoms. The van der Waals surface area contributed by atoms with Crippen molar-refractivity contribution in [3.05, 3.63) is 47.5 Å². The number of Topliss-reactive ketones (excluding diaryl/α,β-unsaturated/α-hetero) is 1. The van der Waals surface area contributed by atoms with Crippen molar-refractivity contribution in [1.29, 1.82) is 0 Å². The highest BCUT2D eigenvalue weighted by molar-refractivity contribution is 5.81. The van der Waals surface area contributed by atoms with Crippen molar-refractivity contribution in [2.45, 2.75) is 87.6 Å². The molecule has 0 heterocycles. The van der Waals surface area contributed by atoms with Crippen LogP contribution in [0.1, 0.15) is 79.9 Å². The van der Waals surface area contributed by atoms with Gasteiger partial charge in [0.2, 0.25) is 0 Å². The lowest BCUT2D eigenvalue weighted by Gasteiger charge is -2.07. The predicted molar refractivity (Wildman–Crippen MR) is 126 cm³/mol. The van der Waals surface area contributed by atoms with Crippen molar-refractivity contribution >= 4 is 12.0 Å². The van der Waals surface area contributed by atoms with Crippen molar-refractivity contribution in [3.8, 4) is 0 Å². The molecule has 0 aliphatic heterocycles. The number of nitrogens with zero attached hydrogens (tertiary/aromatic N) is 1. The Hall–Kier alpha value is -1.74. The summed E-state index contributed by atoms with van der Waals surface area (Å²) >= 11 is 0. The van der Waals surface area contributed by atoms with Crippen molar-refractivity contribution in [3.63, 3.8) is 0 Å². The Balaban J connectivity index is -0.000000201. The zero-order chi connectivity index (χ0) is 22.3. The lowest BCUT2D eigenvalue weighted by atomic mass is 10.0. The summed E-state index contributed by atoms with van der Waals surface area (Å²) in [5.41, 5.74) is 9.17. The molecule has 0 radical (unpaired) electrons. The van der Waals surface area contributed by atoms with Gasteiger partial charge in [-0.2, -0.15) is 0 Å². The zero-order valence-electron chi connectivity index (χ0n) is 19.7. The van der Waals surface area contributed by atoms with Gasteiger partial charge in [0.1, 0.15) is 5.78 Å². The Labute approximate surface area is 170 Å². The fourth-order valence-electron chi connectivity index (χ4n) is 1.41. The van der Waals surface area contributed by atoms with Gasteiger partial charge in [0.05, 0.1) is 6.04 Å². The first-order valence-corrected chi connectivity index (χ1v) is 10.1. The summed E-state index contributed by atoms with van der Waals surface area (Å²) in [4.78, 5) is 14.9. The monoisotopic (exact) mass is 378 g/mol. The van der Waals surface area contributed by atoms with Crippen LogP contribution in [0.25, 0.3) is 0 Å². The van der Waals surface area contributed by atoms with E-state index >= 15 is 0 Å². The van der Waals surface area contributed by atoms with E-state index in [0.29, 0.717) is 6.42 Å².